The topological polar surface area (TPSA) is 104 Å². The van der Waals surface area contributed by atoms with Gasteiger partial charge in [-0.15, -0.1) is 0 Å². The lowest BCUT2D eigenvalue weighted by atomic mass is 10.0. The van der Waals surface area contributed by atoms with Gasteiger partial charge in [0.15, 0.2) is 0 Å². The van der Waals surface area contributed by atoms with Gasteiger partial charge in [0, 0.05) is 6.42 Å². The van der Waals surface area contributed by atoms with Crippen LogP contribution in [0.15, 0.2) is 0 Å². The van der Waals surface area contributed by atoms with Gasteiger partial charge in [0.25, 0.3) is 0 Å². The smallest absolute Gasteiger partial charge is 0.469 e. The van der Waals surface area contributed by atoms with Gasteiger partial charge >= 0.3 is 13.8 Å². The highest BCUT2D eigenvalue weighted by molar-refractivity contribution is 7.46. The second-order valence-corrected chi connectivity index (χ2v) is 6.95. The highest BCUT2D eigenvalue weighted by Gasteiger charge is 2.12. The van der Waals surface area contributed by atoms with Gasteiger partial charge in [-0.25, -0.2) is 4.57 Å². The Balaban J connectivity index is 3.06. The number of aliphatic carboxylic acids is 1. The van der Waals surface area contributed by atoms with Crippen LogP contribution in [-0.2, 0) is 13.9 Å². The van der Waals surface area contributed by atoms with Crippen LogP contribution in [0.4, 0.5) is 0 Å². The number of carbonyl (C=O) groups is 1. The molecular formula is C15H31O6P. The molecule has 0 aromatic rings. The van der Waals surface area contributed by atoms with Gasteiger partial charge in [-0.1, -0.05) is 64.2 Å². The van der Waals surface area contributed by atoms with Gasteiger partial charge in [-0.3, -0.25) is 9.32 Å². The number of phosphoric acid groups is 1. The molecule has 0 heterocycles. The summed E-state index contributed by atoms with van der Waals surface area (Å²) in [7, 11) is -4.28. The third-order valence-corrected chi connectivity index (χ3v) is 4.06. The lowest BCUT2D eigenvalue weighted by molar-refractivity contribution is -0.137. The standard InChI is InChI=1S/C15H31O6P/c16-15(17)13-11-9-7-5-3-1-2-4-6-8-10-12-14-21-22(18,19)20/h1-14H2,(H,16,17)(H2,18,19,20). The van der Waals surface area contributed by atoms with Crippen LogP contribution in [-0.4, -0.2) is 27.5 Å². The first-order chi connectivity index (χ1) is 10.4. The first kappa shape index (κ1) is 21.6. The minimum absolute atomic E-state index is 0.131. The van der Waals surface area contributed by atoms with E-state index in [0.717, 1.165) is 38.5 Å². The SMILES string of the molecule is O=C(O)CCCCCCCCCCCCCCOP(=O)(O)O. The number of phosphoric ester groups is 1. The first-order valence-electron chi connectivity index (χ1n) is 8.34. The number of carboxylic acid groups (broad SMARTS) is 1. The summed E-state index contributed by atoms with van der Waals surface area (Å²) in [6, 6.07) is 0. The van der Waals surface area contributed by atoms with E-state index in [0.29, 0.717) is 12.8 Å². The molecule has 0 radical (unpaired) electrons. The molecule has 0 aromatic heterocycles. The molecule has 0 spiro atoms. The minimum Gasteiger partial charge on any atom is -0.481 e. The van der Waals surface area contributed by atoms with E-state index in [1.807, 2.05) is 0 Å². The van der Waals surface area contributed by atoms with E-state index in [1.165, 1.54) is 32.1 Å². The van der Waals surface area contributed by atoms with Crippen LogP contribution in [0.2, 0.25) is 0 Å². The molecule has 0 aliphatic heterocycles. The summed E-state index contributed by atoms with van der Waals surface area (Å²) in [6.45, 7) is 0.131. The molecule has 0 aromatic carbocycles. The molecule has 0 aliphatic carbocycles. The molecule has 0 bridgehead atoms. The first-order valence-corrected chi connectivity index (χ1v) is 9.87. The van der Waals surface area contributed by atoms with Crippen LogP contribution in [0.25, 0.3) is 0 Å². The minimum atomic E-state index is -4.28. The second-order valence-electron chi connectivity index (χ2n) is 5.71. The van der Waals surface area contributed by atoms with Crippen LogP contribution in [0, 0.1) is 0 Å². The van der Waals surface area contributed by atoms with E-state index in [9.17, 15) is 9.36 Å². The third-order valence-electron chi connectivity index (χ3n) is 3.54. The predicted octanol–water partition coefficient (Wildman–Crippen LogP) is 4.25. The molecule has 3 N–H and O–H groups in total. The summed E-state index contributed by atoms with van der Waals surface area (Å²) in [5.74, 6) is -0.701. The molecule has 0 atom stereocenters. The number of rotatable bonds is 16. The Morgan fingerprint density at radius 3 is 1.45 bits per heavy atom. The van der Waals surface area contributed by atoms with Gasteiger partial charge in [-0.2, -0.15) is 0 Å². The average Bonchev–Trinajstić information content (AvgIpc) is 2.41. The van der Waals surface area contributed by atoms with Crippen molar-refractivity contribution >= 4 is 13.8 Å². The Morgan fingerprint density at radius 1 is 0.727 bits per heavy atom. The number of carboxylic acids is 1. The van der Waals surface area contributed by atoms with Gasteiger partial charge < -0.3 is 14.9 Å². The summed E-state index contributed by atoms with van der Waals surface area (Å²) >= 11 is 0. The van der Waals surface area contributed by atoms with Gasteiger partial charge in [0.1, 0.15) is 0 Å². The lowest BCUT2D eigenvalue weighted by Gasteiger charge is -2.05. The van der Waals surface area contributed by atoms with Crippen molar-refractivity contribution in [2.24, 2.45) is 0 Å². The molecule has 132 valence electrons. The monoisotopic (exact) mass is 338 g/mol. The summed E-state index contributed by atoms with van der Waals surface area (Å²) in [5.41, 5.74) is 0. The third kappa shape index (κ3) is 19.6. The fourth-order valence-corrected chi connectivity index (χ4v) is 2.70. The van der Waals surface area contributed by atoms with Crippen LogP contribution in [0.5, 0.6) is 0 Å². The molecule has 0 saturated heterocycles. The van der Waals surface area contributed by atoms with Crippen molar-refractivity contribution in [3.05, 3.63) is 0 Å². The molecule has 0 fully saturated rings. The quantitative estimate of drug-likeness (QED) is 0.287. The van der Waals surface area contributed by atoms with Crippen molar-refractivity contribution < 1.29 is 28.8 Å². The summed E-state index contributed by atoms with van der Waals surface area (Å²) in [4.78, 5) is 27.3. The second kappa shape index (κ2) is 14.2. The highest BCUT2D eigenvalue weighted by atomic mass is 31.2. The van der Waals surface area contributed by atoms with Crippen molar-refractivity contribution in [2.45, 2.75) is 83.5 Å². The maximum atomic E-state index is 10.4. The number of hydrogen-bond donors (Lipinski definition) is 3. The molecule has 0 saturated carbocycles. The number of hydrogen-bond acceptors (Lipinski definition) is 3. The molecule has 0 aliphatic rings. The van der Waals surface area contributed by atoms with E-state index in [4.69, 9.17) is 14.9 Å². The van der Waals surface area contributed by atoms with Crippen LogP contribution in [0.3, 0.4) is 0 Å². The molecule has 6 nitrogen and oxygen atoms in total. The average molecular weight is 338 g/mol. The van der Waals surface area contributed by atoms with Crippen molar-refractivity contribution in [2.75, 3.05) is 6.61 Å². The normalized spacial score (nSPS) is 11.7. The Labute approximate surface area is 133 Å². The Hall–Kier alpha value is -0.420. The molecular weight excluding hydrogens is 307 g/mol. The maximum absolute atomic E-state index is 10.4. The predicted molar refractivity (Wildman–Crippen MR) is 85.7 cm³/mol. The van der Waals surface area contributed by atoms with E-state index < -0.39 is 13.8 Å². The summed E-state index contributed by atoms with van der Waals surface area (Å²) < 4.78 is 14.8. The largest absolute Gasteiger partial charge is 0.481 e. The number of unbranched alkanes of at least 4 members (excludes halogenated alkanes) is 11. The van der Waals surface area contributed by atoms with Gasteiger partial charge in [0.05, 0.1) is 6.61 Å². The van der Waals surface area contributed by atoms with Gasteiger partial charge in [-0.05, 0) is 12.8 Å². The van der Waals surface area contributed by atoms with Crippen molar-refractivity contribution in [3.63, 3.8) is 0 Å². The van der Waals surface area contributed by atoms with E-state index >= 15 is 0 Å². The zero-order valence-corrected chi connectivity index (χ0v) is 14.3. The fourth-order valence-electron chi connectivity index (χ4n) is 2.33. The van der Waals surface area contributed by atoms with Crippen molar-refractivity contribution in [1.29, 1.82) is 0 Å². The Morgan fingerprint density at radius 2 is 1.09 bits per heavy atom. The van der Waals surface area contributed by atoms with Crippen molar-refractivity contribution in [1.82, 2.24) is 0 Å². The van der Waals surface area contributed by atoms with Crippen LogP contribution in [0.1, 0.15) is 83.5 Å². The van der Waals surface area contributed by atoms with Crippen molar-refractivity contribution in [3.8, 4) is 0 Å². The zero-order valence-electron chi connectivity index (χ0n) is 13.4. The molecule has 0 rings (SSSR count). The Bertz CT molecular complexity index is 315. The molecule has 0 amide bonds. The molecule has 22 heavy (non-hydrogen) atoms. The summed E-state index contributed by atoms with van der Waals surface area (Å²) in [6.07, 6.45) is 13.2. The zero-order chi connectivity index (χ0) is 16.7. The van der Waals surface area contributed by atoms with E-state index in [-0.39, 0.29) is 6.61 Å². The Kier molecular flexibility index (Phi) is 13.9. The highest BCUT2D eigenvalue weighted by Crippen LogP contribution is 2.35. The molecule has 7 heteroatoms. The van der Waals surface area contributed by atoms with Crippen LogP contribution < -0.4 is 0 Å². The summed E-state index contributed by atoms with van der Waals surface area (Å²) in [5, 5.41) is 8.50. The lowest BCUT2D eigenvalue weighted by Crippen LogP contribution is -1.93. The van der Waals surface area contributed by atoms with E-state index in [1.54, 1.807) is 0 Å². The van der Waals surface area contributed by atoms with Gasteiger partial charge in [0.2, 0.25) is 0 Å². The van der Waals surface area contributed by atoms with E-state index in [2.05, 4.69) is 4.52 Å². The molecule has 0 unspecified atom stereocenters. The van der Waals surface area contributed by atoms with Crippen LogP contribution >= 0.6 is 7.82 Å². The maximum Gasteiger partial charge on any atom is 0.469 e. The fraction of sp³-hybridized carbons (Fsp3) is 0.933.